The van der Waals surface area contributed by atoms with Gasteiger partial charge in [0.15, 0.2) is 0 Å². The summed E-state index contributed by atoms with van der Waals surface area (Å²) in [5.74, 6) is 0.900. The molecule has 0 saturated heterocycles. The van der Waals surface area contributed by atoms with Gasteiger partial charge in [-0.1, -0.05) is 24.3 Å². The molecule has 2 aromatic rings. The third-order valence-electron chi connectivity index (χ3n) is 2.32. The maximum Gasteiger partial charge on any atom is 1.00 e. The summed E-state index contributed by atoms with van der Waals surface area (Å²) in [5, 5.41) is 1.18. The van der Waals surface area contributed by atoms with Crippen LogP contribution in [0.2, 0.25) is 0 Å². The SMILES string of the molecule is COc1ccc2[nH]ccc2c1.F[P-](F)(F)(F)(F)F.[CH]1C=CC=C1.[Ru+]. The van der Waals surface area contributed by atoms with Crippen molar-refractivity contribution in [2.45, 2.75) is 0 Å². The van der Waals surface area contributed by atoms with Crippen molar-refractivity contribution in [1.82, 2.24) is 4.98 Å². The van der Waals surface area contributed by atoms with Crippen LogP contribution in [0.3, 0.4) is 0 Å². The molecule has 0 atom stereocenters. The summed E-state index contributed by atoms with van der Waals surface area (Å²) < 4.78 is 64.3. The Bertz CT molecular complexity index is 687. The first-order valence-corrected chi connectivity index (χ1v) is 8.22. The number of hydrogen-bond donors (Lipinski definition) is 1. The molecule has 0 saturated carbocycles. The molecule has 2 nitrogen and oxygen atoms in total. The van der Waals surface area contributed by atoms with Crippen LogP contribution in [0.1, 0.15) is 0 Å². The van der Waals surface area contributed by atoms with Crippen molar-refractivity contribution in [3.05, 3.63) is 61.2 Å². The van der Waals surface area contributed by atoms with Crippen LogP contribution in [0.25, 0.3) is 10.9 Å². The van der Waals surface area contributed by atoms with Crippen LogP contribution in [0, 0.1) is 6.42 Å². The zero-order valence-corrected chi connectivity index (χ0v) is 14.9. The molecule has 0 aliphatic heterocycles. The molecule has 3 rings (SSSR count). The minimum absolute atomic E-state index is 0. The van der Waals surface area contributed by atoms with Crippen LogP contribution in [-0.2, 0) is 19.5 Å². The number of aromatic amines is 1. The van der Waals surface area contributed by atoms with Gasteiger partial charge in [0.05, 0.1) is 7.11 Å². The van der Waals surface area contributed by atoms with Gasteiger partial charge in [-0.05, 0) is 24.3 Å². The number of ether oxygens (including phenoxy) is 1. The van der Waals surface area contributed by atoms with Crippen molar-refractivity contribution < 1.29 is 49.4 Å². The Labute approximate surface area is 147 Å². The van der Waals surface area contributed by atoms with Crippen molar-refractivity contribution in [3.8, 4) is 5.75 Å². The van der Waals surface area contributed by atoms with Crippen molar-refractivity contribution in [2.75, 3.05) is 7.11 Å². The zero-order chi connectivity index (χ0) is 17.6. The van der Waals surface area contributed by atoms with E-state index in [0.717, 1.165) is 11.3 Å². The van der Waals surface area contributed by atoms with Gasteiger partial charge in [0.25, 0.3) is 0 Å². The number of nitrogens with one attached hydrogen (secondary N) is 1. The van der Waals surface area contributed by atoms with Crippen LogP contribution < -0.4 is 4.74 Å². The second-order valence-electron chi connectivity index (χ2n) is 4.35. The Kier molecular flexibility index (Phi) is 7.28. The first-order chi connectivity index (χ1) is 10.3. The van der Waals surface area contributed by atoms with Gasteiger partial charge in [0, 0.05) is 23.5 Å². The quantitative estimate of drug-likeness (QED) is 0.282. The van der Waals surface area contributed by atoms with E-state index in [1.807, 2.05) is 61.2 Å². The number of methoxy groups -OCH3 is 1. The van der Waals surface area contributed by atoms with Crippen molar-refractivity contribution in [2.24, 2.45) is 0 Å². The van der Waals surface area contributed by atoms with Crippen LogP contribution in [0.4, 0.5) is 25.2 Å². The second kappa shape index (κ2) is 7.70. The molecule has 1 aliphatic rings. The van der Waals surface area contributed by atoms with Gasteiger partial charge in [0.2, 0.25) is 0 Å². The Balaban J connectivity index is 0.000000354. The molecular weight excluding hydrogens is 444 g/mol. The van der Waals surface area contributed by atoms with E-state index in [0.29, 0.717) is 0 Å². The Hall–Kier alpha value is -1.33. The average molecular weight is 458 g/mol. The summed E-state index contributed by atoms with van der Waals surface area (Å²) >= 11 is 0. The van der Waals surface area contributed by atoms with E-state index in [9.17, 15) is 25.2 Å². The predicted molar refractivity (Wildman–Crippen MR) is 81.0 cm³/mol. The zero-order valence-electron chi connectivity index (χ0n) is 12.3. The van der Waals surface area contributed by atoms with Crippen molar-refractivity contribution >= 4 is 18.7 Å². The van der Waals surface area contributed by atoms with Gasteiger partial charge >= 0.3 is 52.5 Å². The maximum absolute atomic E-state index is 10.7. The van der Waals surface area contributed by atoms with E-state index in [-0.39, 0.29) is 19.5 Å². The number of fused-ring (bicyclic) bond motifs is 1. The maximum atomic E-state index is 9.87. The number of benzene rings is 1. The fourth-order valence-electron chi connectivity index (χ4n) is 1.48. The minimum atomic E-state index is -10.7. The fraction of sp³-hybridized carbons (Fsp3) is 0.0714. The van der Waals surface area contributed by atoms with Gasteiger partial charge in [-0.25, -0.2) is 0 Å². The van der Waals surface area contributed by atoms with E-state index in [1.165, 1.54) is 5.39 Å². The van der Waals surface area contributed by atoms with Crippen LogP contribution >= 0.6 is 7.81 Å². The number of H-pyrrole nitrogens is 1. The number of hydrogen-bond acceptors (Lipinski definition) is 1. The Morgan fingerprint density at radius 1 is 0.875 bits per heavy atom. The first kappa shape index (κ1) is 22.7. The molecule has 1 heterocycles. The first-order valence-electron chi connectivity index (χ1n) is 6.19. The van der Waals surface area contributed by atoms with Gasteiger partial charge in [-0.3, -0.25) is 0 Å². The minimum Gasteiger partial charge on any atom is -0.0767 e. The third kappa shape index (κ3) is 13.1. The van der Waals surface area contributed by atoms with Gasteiger partial charge in [-0.15, -0.1) is 0 Å². The molecule has 136 valence electrons. The average Bonchev–Trinajstić information content (AvgIpc) is 3.08. The van der Waals surface area contributed by atoms with Crippen molar-refractivity contribution in [1.29, 1.82) is 0 Å². The topological polar surface area (TPSA) is 25.0 Å². The molecule has 0 unspecified atom stereocenters. The van der Waals surface area contributed by atoms with Gasteiger partial charge < -0.3 is 9.72 Å². The fourth-order valence-corrected chi connectivity index (χ4v) is 1.48. The number of rotatable bonds is 1. The van der Waals surface area contributed by atoms with Crippen LogP contribution in [0.15, 0.2) is 54.8 Å². The molecule has 2 radical (unpaired) electrons. The smallest absolute Gasteiger partial charge is 0.0767 e. The third-order valence-corrected chi connectivity index (χ3v) is 2.32. The summed E-state index contributed by atoms with van der Waals surface area (Å²) in [5.41, 5.74) is 1.14. The monoisotopic (exact) mass is 459 g/mol. The summed E-state index contributed by atoms with van der Waals surface area (Å²) in [6.07, 6.45) is 11.9. The van der Waals surface area contributed by atoms with Gasteiger partial charge in [0.1, 0.15) is 5.75 Å². The molecule has 0 fully saturated rings. The largest absolute Gasteiger partial charge is 1.00 e. The molecule has 1 N–H and O–H groups in total. The van der Waals surface area contributed by atoms with Crippen molar-refractivity contribution in [3.63, 3.8) is 0 Å². The van der Waals surface area contributed by atoms with E-state index >= 15 is 0 Å². The summed E-state index contributed by atoms with van der Waals surface area (Å²) in [6.45, 7) is 0. The number of allylic oxidation sites excluding steroid dienone is 4. The standard InChI is InChI=1S/C9H9NO.C5H5.F6P.Ru/c1-11-8-2-3-9-7(6-8)4-5-10-9;1-2-4-5-3-1;1-7(2,3,4,5)6;/h2-6,10H,1H3;1-5H;;/q;;-1;+1. The van der Waals surface area contributed by atoms with E-state index in [2.05, 4.69) is 4.98 Å². The molecular formula is C14H14F6NOPRu. The van der Waals surface area contributed by atoms with E-state index in [4.69, 9.17) is 4.74 Å². The number of aromatic nitrogens is 1. The normalized spacial score (nSPS) is 15.1. The molecule has 0 bridgehead atoms. The molecule has 1 aliphatic carbocycles. The van der Waals surface area contributed by atoms with Crippen LogP contribution in [0.5, 0.6) is 5.75 Å². The second-order valence-corrected chi connectivity index (χ2v) is 6.27. The molecule has 1 aromatic heterocycles. The Morgan fingerprint density at radius 3 is 1.83 bits per heavy atom. The molecule has 0 amide bonds. The summed E-state index contributed by atoms with van der Waals surface area (Å²) in [7, 11) is -8.98. The predicted octanol–water partition coefficient (Wildman–Crippen LogP) is 6.87. The molecule has 0 spiro atoms. The summed E-state index contributed by atoms with van der Waals surface area (Å²) in [6, 6.07) is 7.98. The Morgan fingerprint density at radius 2 is 1.42 bits per heavy atom. The summed E-state index contributed by atoms with van der Waals surface area (Å²) in [4.78, 5) is 3.12. The molecule has 10 heteroatoms. The number of halogens is 6. The molecule has 24 heavy (non-hydrogen) atoms. The van der Waals surface area contributed by atoms with Crippen LogP contribution in [-0.4, -0.2) is 12.1 Å². The van der Waals surface area contributed by atoms with E-state index in [1.54, 1.807) is 7.11 Å². The molecule has 1 aromatic carbocycles. The van der Waals surface area contributed by atoms with E-state index < -0.39 is 7.81 Å². The van der Waals surface area contributed by atoms with Gasteiger partial charge in [-0.2, -0.15) is 0 Å².